The van der Waals surface area contributed by atoms with Crippen LogP contribution >= 0.6 is 15.9 Å². The molecule has 0 unspecified atom stereocenters. The van der Waals surface area contributed by atoms with E-state index in [2.05, 4.69) is 22.0 Å². The molecule has 0 atom stereocenters. The molecule has 2 aromatic rings. The molecule has 0 saturated heterocycles. The van der Waals surface area contributed by atoms with Crippen molar-refractivity contribution in [2.45, 2.75) is 0 Å². The van der Waals surface area contributed by atoms with E-state index in [1.54, 1.807) is 37.4 Å². The number of nitriles is 1. The van der Waals surface area contributed by atoms with Gasteiger partial charge in [-0.05, 0) is 30.3 Å². The fraction of sp³-hybridized carbons (Fsp3) is 0.0714. The van der Waals surface area contributed by atoms with E-state index in [4.69, 9.17) is 20.5 Å². The maximum absolute atomic E-state index is 9.06. The number of nitrogens with zero attached hydrogens (tertiary/aromatic N) is 1. The smallest absolute Gasteiger partial charge is 0.145 e. The summed E-state index contributed by atoms with van der Waals surface area (Å²) in [4.78, 5) is 0. The van der Waals surface area contributed by atoms with Gasteiger partial charge in [0, 0.05) is 10.5 Å². The number of benzene rings is 2. The molecule has 2 N–H and O–H groups in total. The van der Waals surface area contributed by atoms with Crippen LogP contribution in [-0.2, 0) is 0 Å². The molecule has 19 heavy (non-hydrogen) atoms. The van der Waals surface area contributed by atoms with Gasteiger partial charge in [0.1, 0.15) is 23.3 Å². The first-order chi connectivity index (χ1) is 9.13. The van der Waals surface area contributed by atoms with Gasteiger partial charge in [-0.3, -0.25) is 0 Å². The Labute approximate surface area is 119 Å². The summed E-state index contributed by atoms with van der Waals surface area (Å²) < 4.78 is 11.6. The van der Waals surface area contributed by atoms with Crippen LogP contribution in [0.4, 0.5) is 5.69 Å². The fourth-order valence-electron chi connectivity index (χ4n) is 1.58. The highest BCUT2D eigenvalue weighted by molar-refractivity contribution is 9.10. The Morgan fingerprint density at radius 1 is 1.16 bits per heavy atom. The molecule has 0 spiro atoms. The molecule has 0 aliphatic carbocycles. The number of nitrogen functional groups attached to an aromatic ring is 1. The minimum atomic E-state index is 0.448. The molecular weight excluding hydrogens is 308 g/mol. The monoisotopic (exact) mass is 318 g/mol. The average Bonchev–Trinajstić information content (AvgIpc) is 2.41. The Hall–Kier alpha value is -2.19. The van der Waals surface area contributed by atoms with Gasteiger partial charge in [0.15, 0.2) is 0 Å². The maximum Gasteiger partial charge on any atom is 0.145 e. The molecule has 0 fully saturated rings. The lowest BCUT2D eigenvalue weighted by Gasteiger charge is -2.10. The number of hydrogen-bond donors (Lipinski definition) is 1. The second-order valence-electron chi connectivity index (χ2n) is 3.76. The summed E-state index contributed by atoms with van der Waals surface area (Å²) in [6.45, 7) is 0. The highest BCUT2D eigenvalue weighted by Crippen LogP contribution is 2.31. The van der Waals surface area contributed by atoms with Gasteiger partial charge in [0.2, 0.25) is 0 Å². The molecule has 0 radical (unpaired) electrons. The van der Waals surface area contributed by atoms with Crippen molar-refractivity contribution in [2.24, 2.45) is 0 Å². The van der Waals surface area contributed by atoms with Crippen LogP contribution in [0.25, 0.3) is 0 Å². The van der Waals surface area contributed by atoms with Crippen LogP contribution in [0.3, 0.4) is 0 Å². The van der Waals surface area contributed by atoms with Crippen molar-refractivity contribution in [1.82, 2.24) is 0 Å². The molecule has 0 aromatic heterocycles. The Bertz CT molecular complexity index is 650. The number of hydrogen-bond acceptors (Lipinski definition) is 4. The van der Waals surface area contributed by atoms with Crippen molar-refractivity contribution in [3.63, 3.8) is 0 Å². The standard InChI is InChI=1S/C14H11BrN2O2/c1-18-14-5-3-11(7-12(14)17)19-13-4-2-10(15)6-9(13)8-16/h2-7H,17H2,1H3. The van der Waals surface area contributed by atoms with Crippen LogP contribution in [0.1, 0.15) is 5.56 Å². The van der Waals surface area contributed by atoms with Gasteiger partial charge in [0.05, 0.1) is 18.4 Å². The largest absolute Gasteiger partial charge is 0.495 e. The van der Waals surface area contributed by atoms with Crippen LogP contribution in [0, 0.1) is 11.3 Å². The molecular formula is C14H11BrN2O2. The van der Waals surface area contributed by atoms with Crippen molar-refractivity contribution in [2.75, 3.05) is 12.8 Å². The molecule has 0 aliphatic heterocycles. The van der Waals surface area contributed by atoms with Crippen molar-refractivity contribution in [3.05, 3.63) is 46.4 Å². The normalized spacial score (nSPS) is 9.74. The minimum Gasteiger partial charge on any atom is -0.495 e. The molecule has 2 aromatic carbocycles. The van der Waals surface area contributed by atoms with Crippen LogP contribution in [-0.4, -0.2) is 7.11 Å². The molecule has 5 heteroatoms. The van der Waals surface area contributed by atoms with E-state index in [1.165, 1.54) is 0 Å². The number of halogens is 1. The van der Waals surface area contributed by atoms with Crippen LogP contribution < -0.4 is 15.2 Å². The summed E-state index contributed by atoms with van der Waals surface area (Å²) in [5.74, 6) is 1.62. The third kappa shape index (κ3) is 2.98. The molecule has 2 rings (SSSR count). The lowest BCUT2D eigenvalue weighted by atomic mass is 10.2. The lowest BCUT2D eigenvalue weighted by Crippen LogP contribution is -1.94. The summed E-state index contributed by atoms with van der Waals surface area (Å²) in [5.41, 5.74) is 6.73. The number of nitrogens with two attached hydrogens (primary N) is 1. The van der Waals surface area contributed by atoms with Crippen LogP contribution in [0.15, 0.2) is 40.9 Å². The molecule has 0 aliphatic rings. The first kappa shape index (κ1) is 13.2. The van der Waals surface area contributed by atoms with Crippen LogP contribution in [0.2, 0.25) is 0 Å². The lowest BCUT2D eigenvalue weighted by molar-refractivity contribution is 0.415. The third-order valence-electron chi connectivity index (χ3n) is 2.49. The highest BCUT2D eigenvalue weighted by atomic mass is 79.9. The summed E-state index contributed by atoms with van der Waals surface area (Å²) in [5, 5.41) is 9.06. The summed E-state index contributed by atoms with van der Waals surface area (Å²) in [7, 11) is 1.55. The molecule has 0 heterocycles. The Balaban J connectivity index is 2.31. The van der Waals surface area contributed by atoms with Crippen molar-refractivity contribution in [3.8, 4) is 23.3 Å². The van der Waals surface area contributed by atoms with Crippen molar-refractivity contribution >= 4 is 21.6 Å². The van der Waals surface area contributed by atoms with Gasteiger partial charge in [-0.2, -0.15) is 5.26 Å². The molecule has 0 amide bonds. The fourth-order valence-corrected chi connectivity index (χ4v) is 1.94. The summed E-state index contributed by atoms with van der Waals surface area (Å²) in [6, 6.07) is 12.4. The average molecular weight is 319 g/mol. The van der Waals surface area contributed by atoms with Gasteiger partial charge >= 0.3 is 0 Å². The number of ether oxygens (including phenoxy) is 2. The van der Waals surface area contributed by atoms with Gasteiger partial charge < -0.3 is 15.2 Å². The maximum atomic E-state index is 9.06. The molecule has 0 saturated carbocycles. The van der Waals surface area contributed by atoms with E-state index in [0.29, 0.717) is 28.5 Å². The zero-order valence-corrected chi connectivity index (χ0v) is 11.8. The third-order valence-corrected chi connectivity index (χ3v) is 2.98. The zero-order chi connectivity index (χ0) is 13.8. The zero-order valence-electron chi connectivity index (χ0n) is 10.2. The van der Waals surface area contributed by atoms with Gasteiger partial charge in [-0.25, -0.2) is 0 Å². The van der Waals surface area contributed by atoms with Gasteiger partial charge in [0.25, 0.3) is 0 Å². The summed E-state index contributed by atoms with van der Waals surface area (Å²) in [6.07, 6.45) is 0. The molecule has 96 valence electrons. The predicted octanol–water partition coefficient (Wildman–Crippen LogP) is 3.70. The van der Waals surface area contributed by atoms with Crippen molar-refractivity contribution < 1.29 is 9.47 Å². The summed E-state index contributed by atoms with van der Waals surface area (Å²) >= 11 is 3.31. The van der Waals surface area contributed by atoms with E-state index in [0.717, 1.165) is 4.47 Å². The minimum absolute atomic E-state index is 0.448. The van der Waals surface area contributed by atoms with E-state index >= 15 is 0 Å². The first-order valence-corrected chi connectivity index (χ1v) is 6.24. The quantitative estimate of drug-likeness (QED) is 0.876. The Morgan fingerprint density at radius 3 is 2.53 bits per heavy atom. The van der Waals surface area contributed by atoms with E-state index in [-0.39, 0.29) is 0 Å². The number of anilines is 1. The molecule has 4 nitrogen and oxygen atoms in total. The predicted molar refractivity (Wildman–Crippen MR) is 76.3 cm³/mol. The second-order valence-corrected chi connectivity index (χ2v) is 4.67. The topological polar surface area (TPSA) is 68.3 Å². The second kappa shape index (κ2) is 5.63. The Morgan fingerprint density at radius 2 is 1.89 bits per heavy atom. The molecule has 0 bridgehead atoms. The van der Waals surface area contributed by atoms with Crippen LogP contribution in [0.5, 0.6) is 17.2 Å². The van der Waals surface area contributed by atoms with E-state index in [1.807, 2.05) is 6.07 Å². The first-order valence-electron chi connectivity index (χ1n) is 5.45. The SMILES string of the molecule is COc1ccc(Oc2ccc(Br)cc2C#N)cc1N. The number of methoxy groups -OCH3 is 1. The Kier molecular flexibility index (Phi) is 3.93. The van der Waals surface area contributed by atoms with E-state index < -0.39 is 0 Å². The van der Waals surface area contributed by atoms with Gasteiger partial charge in [-0.15, -0.1) is 0 Å². The van der Waals surface area contributed by atoms with E-state index in [9.17, 15) is 0 Å². The van der Waals surface area contributed by atoms with Gasteiger partial charge in [-0.1, -0.05) is 15.9 Å². The number of rotatable bonds is 3. The van der Waals surface area contributed by atoms with Crippen molar-refractivity contribution in [1.29, 1.82) is 5.26 Å². The highest BCUT2D eigenvalue weighted by Gasteiger charge is 2.07.